The van der Waals surface area contributed by atoms with E-state index in [9.17, 15) is 22.4 Å². The second-order valence-electron chi connectivity index (χ2n) is 7.89. The third-order valence-electron chi connectivity index (χ3n) is 5.41. The van der Waals surface area contributed by atoms with Crippen molar-refractivity contribution in [3.63, 3.8) is 0 Å². The molecule has 3 N–H and O–H groups in total. The lowest BCUT2D eigenvalue weighted by Crippen LogP contribution is -2.60. The Morgan fingerprint density at radius 2 is 2.00 bits per heavy atom. The number of nitriles is 1. The molecule has 0 radical (unpaired) electrons. The molecule has 0 fully saturated rings. The minimum absolute atomic E-state index is 0.0545. The molecule has 0 spiro atoms. The molecule has 1 aromatic carbocycles. The fraction of sp³-hybridized carbons (Fsp3) is 0.286. The van der Waals surface area contributed by atoms with Crippen LogP contribution in [0.3, 0.4) is 0 Å². The van der Waals surface area contributed by atoms with Gasteiger partial charge in [0.15, 0.2) is 5.01 Å². The number of amidine groups is 1. The Hall–Kier alpha value is -3.63. The maximum absolute atomic E-state index is 14.7. The number of pyridine rings is 1. The van der Waals surface area contributed by atoms with Crippen LogP contribution in [0.4, 0.5) is 23.2 Å². The summed E-state index contributed by atoms with van der Waals surface area (Å²) in [5.41, 5.74) is 1.90. The van der Waals surface area contributed by atoms with Crippen LogP contribution in [-0.4, -0.2) is 40.1 Å². The first-order valence-electron chi connectivity index (χ1n) is 9.72. The smallest absolute Gasteiger partial charge is 0.385 e. The minimum atomic E-state index is -4.81. The predicted molar refractivity (Wildman–Crippen MR) is 116 cm³/mol. The highest BCUT2D eigenvalue weighted by Gasteiger charge is 2.59. The summed E-state index contributed by atoms with van der Waals surface area (Å²) in [6, 6.07) is 8.53. The predicted octanol–water partition coefficient (Wildman–Crippen LogP) is 3.88. The van der Waals surface area contributed by atoms with Crippen molar-refractivity contribution in [3.05, 3.63) is 52.4 Å². The summed E-state index contributed by atoms with van der Waals surface area (Å²) in [6.45, 7) is 1.54. The highest BCUT2D eigenvalue weighted by atomic mass is 32.1. The maximum Gasteiger partial charge on any atom is 0.424 e. The average Bonchev–Trinajstić information content (AvgIpc) is 3.20. The Morgan fingerprint density at radius 3 is 2.65 bits per heavy atom. The Bertz CT molecular complexity index is 1380. The van der Waals surface area contributed by atoms with Gasteiger partial charge in [0.2, 0.25) is 5.60 Å². The molecule has 0 aliphatic carbocycles. The number of nitrogens with two attached hydrogens (primary N) is 1. The van der Waals surface area contributed by atoms with Crippen LogP contribution in [0.5, 0.6) is 0 Å². The number of fused-ring (bicyclic) bond motifs is 1. The normalized spacial score (nSPS) is 22.8. The molecule has 1 amide bonds. The number of aliphatic imine (C=N–C) groups is 1. The number of aromatic nitrogens is 2. The summed E-state index contributed by atoms with van der Waals surface area (Å²) in [6.07, 6.45) is -4.81. The highest BCUT2D eigenvalue weighted by Crippen LogP contribution is 2.41. The SMILES string of the molecule is C[C@@]1(c2cc(NC(=O)c3nc4ccc(C#N)nc4s3)ccc2F)CO[C@@](C)(C(F)(F)F)C(N)=N1. The number of hydrogen-bond acceptors (Lipinski definition) is 8. The van der Waals surface area contributed by atoms with Crippen molar-refractivity contribution in [2.24, 2.45) is 10.7 Å². The van der Waals surface area contributed by atoms with Gasteiger partial charge in [0, 0.05) is 11.3 Å². The monoisotopic (exact) mass is 492 g/mol. The van der Waals surface area contributed by atoms with Crippen molar-refractivity contribution in [2.75, 3.05) is 11.9 Å². The van der Waals surface area contributed by atoms with Crippen molar-refractivity contribution >= 4 is 39.1 Å². The highest BCUT2D eigenvalue weighted by molar-refractivity contribution is 7.20. The van der Waals surface area contributed by atoms with Crippen LogP contribution in [0.15, 0.2) is 35.3 Å². The number of nitrogens with zero attached hydrogens (tertiary/aromatic N) is 4. The maximum atomic E-state index is 14.7. The molecule has 34 heavy (non-hydrogen) atoms. The van der Waals surface area contributed by atoms with Gasteiger partial charge in [0.1, 0.15) is 39.3 Å². The van der Waals surface area contributed by atoms with Crippen LogP contribution < -0.4 is 11.1 Å². The van der Waals surface area contributed by atoms with Crippen LogP contribution in [0.1, 0.15) is 34.9 Å². The number of benzene rings is 1. The Balaban J connectivity index is 1.63. The van der Waals surface area contributed by atoms with Crippen molar-refractivity contribution in [2.45, 2.75) is 31.2 Å². The van der Waals surface area contributed by atoms with E-state index in [1.165, 1.54) is 25.1 Å². The van der Waals surface area contributed by atoms with Gasteiger partial charge in [-0.25, -0.2) is 14.4 Å². The number of nitrogens with one attached hydrogen (secondary N) is 1. The Labute approximate surface area is 194 Å². The number of thiazole rings is 1. The molecule has 13 heteroatoms. The van der Waals surface area contributed by atoms with E-state index in [0.29, 0.717) is 10.3 Å². The zero-order valence-electron chi connectivity index (χ0n) is 17.7. The number of alkyl halides is 3. The molecule has 0 bridgehead atoms. The lowest BCUT2D eigenvalue weighted by atomic mass is 9.89. The zero-order valence-corrected chi connectivity index (χ0v) is 18.5. The van der Waals surface area contributed by atoms with Crippen molar-refractivity contribution in [3.8, 4) is 6.07 Å². The molecule has 2 atom stereocenters. The summed E-state index contributed by atoms with van der Waals surface area (Å²) in [4.78, 5) is 25.3. The van der Waals surface area contributed by atoms with Crippen molar-refractivity contribution in [1.82, 2.24) is 9.97 Å². The van der Waals surface area contributed by atoms with E-state index in [-0.39, 0.29) is 22.0 Å². The van der Waals surface area contributed by atoms with E-state index in [1.807, 2.05) is 6.07 Å². The third kappa shape index (κ3) is 3.95. The summed E-state index contributed by atoms with van der Waals surface area (Å²) in [7, 11) is 0. The van der Waals surface area contributed by atoms with E-state index in [1.54, 1.807) is 6.07 Å². The molecule has 3 heterocycles. The number of carbonyl (C=O) groups excluding carboxylic acids is 1. The van der Waals surface area contributed by atoms with Gasteiger partial charge in [0.25, 0.3) is 5.91 Å². The zero-order chi connectivity index (χ0) is 24.9. The first kappa shape index (κ1) is 23.5. The summed E-state index contributed by atoms with van der Waals surface area (Å²) in [5.74, 6) is -2.21. The van der Waals surface area contributed by atoms with Gasteiger partial charge >= 0.3 is 6.18 Å². The van der Waals surface area contributed by atoms with E-state index < -0.39 is 41.5 Å². The van der Waals surface area contributed by atoms with Gasteiger partial charge in [-0.2, -0.15) is 18.4 Å². The molecular weight excluding hydrogens is 476 g/mol. The Kier molecular flexibility index (Phi) is 5.53. The minimum Gasteiger partial charge on any atom is -0.385 e. The molecule has 8 nitrogen and oxygen atoms in total. The number of rotatable bonds is 3. The van der Waals surface area contributed by atoms with Crippen LogP contribution in [0.2, 0.25) is 0 Å². The quantitative estimate of drug-likeness (QED) is 0.535. The van der Waals surface area contributed by atoms with Gasteiger partial charge in [-0.05, 0) is 44.2 Å². The third-order valence-corrected chi connectivity index (χ3v) is 6.37. The van der Waals surface area contributed by atoms with Crippen molar-refractivity contribution in [1.29, 1.82) is 5.26 Å². The lowest BCUT2D eigenvalue weighted by molar-refractivity contribution is -0.249. The Morgan fingerprint density at radius 1 is 1.26 bits per heavy atom. The lowest BCUT2D eigenvalue weighted by Gasteiger charge is -2.41. The van der Waals surface area contributed by atoms with Gasteiger partial charge in [-0.3, -0.25) is 9.79 Å². The second-order valence-corrected chi connectivity index (χ2v) is 8.87. The van der Waals surface area contributed by atoms with Gasteiger partial charge in [0.05, 0.1) is 6.61 Å². The molecule has 3 aromatic rings. The number of halogens is 4. The molecule has 176 valence electrons. The second kappa shape index (κ2) is 8.00. The molecule has 2 aromatic heterocycles. The standard InChI is InChI=1S/C21H16F4N6O2S/c1-19(9-33-20(2,18(27)31-19)21(23,24)25)12-7-10(3-5-13(12)22)28-15(32)17-30-14-6-4-11(8-26)29-16(14)34-17/h3-7H,9H2,1-2H3,(H2,27,31)(H,28,32)/t19-,20+/m0/s1. The molecular formula is C21H16F4N6O2S. The summed E-state index contributed by atoms with van der Waals surface area (Å²) in [5, 5.41) is 11.6. The number of ether oxygens (including phenoxy) is 1. The van der Waals surface area contributed by atoms with Gasteiger partial charge in [-0.15, -0.1) is 0 Å². The number of carbonyl (C=O) groups is 1. The van der Waals surface area contributed by atoms with Crippen LogP contribution in [0.25, 0.3) is 10.3 Å². The molecule has 0 saturated carbocycles. The molecule has 1 aliphatic rings. The fourth-order valence-electron chi connectivity index (χ4n) is 3.31. The molecule has 1 aliphatic heterocycles. The molecule has 4 rings (SSSR count). The van der Waals surface area contributed by atoms with Crippen LogP contribution in [0, 0.1) is 17.1 Å². The largest absolute Gasteiger partial charge is 0.424 e. The number of anilines is 1. The van der Waals surface area contributed by atoms with E-state index in [2.05, 4.69) is 20.3 Å². The van der Waals surface area contributed by atoms with Crippen LogP contribution >= 0.6 is 11.3 Å². The average molecular weight is 492 g/mol. The topological polar surface area (TPSA) is 126 Å². The first-order valence-corrected chi connectivity index (χ1v) is 10.5. The van der Waals surface area contributed by atoms with Gasteiger partial charge in [-0.1, -0.05) is 11.3 Å². The van der Waals surface area contributed by atoms with Crippen LogP contribution in [-0.2, 0) is 10.3 Å². The molecule has 0 saturated heterocycles. The van der Waals surface area contributed by atoms with Gasteiger partial charge < -0.3 is 15.8 Å². The molecule has 0 unspecified atom stereocenters. The van der Waals surface area contributed by atoms with Crippen molar-refractivity contribution < 1.29 is 27.1 Å². The van der Waals surface area contributed by atoms with E-state index >= 15 is 0 Å². The summed E-state index contributed by atoms with van der Waals surface area (Å²) >= 11 is 0.967. The van der Waals surface area contributed by atoms with E-state index in [4.69, 9.17) is 15.7 Å². The summed E-state index contributed by atoms with van der Waals surface area (Å²) < 4.78 is 59.8. The fourth-order valence-corrected chi connectivity index (χ4v) is 4.14. The number of amides is 1. The first-order chi connectivity index (χ1) is 15.9. The number of hydrogen-bond donors (Lipinski definition) is 2. The van der Waals surface area contributed by atoms with E-state index in [0.717, 1.165) is 24.3 Å².